The highest BCUT2D eigenvalue weighted by atomic mass is 16.5. The molecule has 1 N–H and O–H groups in total. The van der Waals surface area contributed by atoms with Crippen LogP contribution < -0.4 is 14.8 Å². The van der Waals surface area contributed by atoms with E-state index in [-0.39, 0.29) is 29.7 Å². The normalized spacial score (nSPS) is 19.1. The van der Waals surface area contributed by atoms with E-state index in [9.17, 15) is 9.59 Å². The molecule has 9 heteroatoms. The van der Waals surface area contributed by atoms with E-state index in [0.29, 0.717) is 24.4 Å². The van der Waals surface area contributed by atoms with Crippen molar-refractivity contribution in [2.45, 2.75) is 64.1 Å². The fourth-order valence-corrected chi connectivity index (χ4v) is 5.36. The Morgan fingerprint density at radius 3 is 2.58 bits per heavy atom. The molecule has 208 valence electrons. The fourth-order valence-electron chi connectivity index (χ4n) is 5.36. The number of hydrazone groups is 1. The van der Waals surface area contributed by atoms with Crippen molar-refractivity contribution in [2.24, 2.45) is 11.0 Å². The zero-order chi connectivity index (χ0) is 27.9. The number of benzene rings is 2. The molecular weight excluding hydrogens is 506 g/mol. The van der Waals surface area contributed by atoms with Gasteiger partial charge in [-0.2, -0.15) is 5.10 Å². The van der Waals surface area contributed by atoms with Gasteiger partial charge in [-0.25, -0.2) is 4.98 Å². The largest absolute Gasteiger partial charge is 0.493 e. The van der Waals surface area contributed by atoms with E-state index >= 15 is 0 Å². The van der Waals surface area contributed by atoms with E-state index in [2.05, 4.69) is 22.2 Å². The number of carbonyl (C=O) groups excluding carboxylic acids is 2. The summed E-state index contributed by atoms with van der Waals surface area (Å²) >= 11 is 0. The molecule has 2 aromatic carbocycles. The molecule has 0 radical (unpaired) electrons. The third-order valence-electron chi connectivity index (χ3n) is 7.59. The monoisotopic (exact) mass is 541 g/mol. The zero-order valence-electron chi connectivity index (χ0n) is 23.0. The molecule has 1 aromatic heterocycles. The van der Waals surface area contributed by atoms with Crippen molar-refractivity contribution < 1.29 is 19.1 Å². The second-order valence-electron chi connectivity index (χ2n) is 10.3. The average Bonchev–Trinajstić information content (AvgIpc) is 3.51. The summed E-state index contributed by atoms with van der Waals surface area (Å²) in [5.41, 5.74) is 3.80. The van der Waals surface area contributed by atoms with Gasteiger partial charge >= 0.3 is 0 Å². The second kappa shape index (κ2) is 12.7. The Morgan fingerprint density at radius 1 is 1.10 bits per heavy atom. The maximum absolute atomic E-state index is 12.4. The van der Waals surface area contributed by atoms with Crippen molar-refractivity contribution in [3.63, 3.8) is 0 Å². The fraction of sp³-hybridized carbons (Fsp3) is 0.387. The maximum atomic E-state index is 12.4. The lowest BCUT2D eigenvalue weighted by atomic mass is 9.87. The Kier molecular flexibility index (Phi) is 8.68. The van der Waals surface area contributed by atoms with Gasteiger partial charge in [0.25, 0.3) is 5.91 Å². The molecule has 2 atom stereocenters. The molecule has 2 unspecified atom stereocenters. The zero-order valence-corrected chi connectivity index (χ0v) is 23.0. The number of aldehydes is 1. The third kappa shape index (κ3) is 6.30. The van der Waals surface area contributed by atoms with E-state index in [1.54, 1.807) is 7.11 Å². The third-order valence-corrected chi connectivity index (χ3v) is 7.59. The predicted molar refractivity (Wildman–Crippen MR) is 153 cm³/mol. The predicted octanol–water partition coefficient (Wildman–Crippen LogP) is 5.26. The summed E-state index contributed by atoms with van der Waals surface area (Å²) < 4.78 is 11.9. The highest BCUT2D eigenvalue weighted by Gasteiger charge is 2.31. The Hall–Kier alpha value is -4.27. The number of amides is 1. The number of anilines is 1. The highest BCUT2D eigenvalue weighted by Crippen LogP contribution is 2.35. The molecule has 3 aromatic rings. The minimum atomic E-state index is -0.325. The van der Waals surface area contributed by atoms with Gasteiger partial charge in [0.15, 0.2) is 11.5 Å². The van der Waals surface area contributed by atoms with Gasteiger partial charge in [0.2, 0.25) is 0 Å². The van der Waals surface area contributed by atoms with Crippen LogP contribution in [0.2, 0.25) is 0 Å². The van der Waals surface area contributed by atoms with Crippen LogP contribution in [0.3, 0.4) is 0 Å². The summed E-state index contributed by atoms with van der Waals surface area (Å²) in [4.78, 5) is 32.5. The lowest BCUT2D eigenvalue weighted by Crippen LogP contribution is -2.41. The first-order valence-electron chi connectivity index (χ1n) is 13.9. The molecule has 0 spiro atoms. The molecule has 2 heterocycles. The Balaban J connectivity index is 1.35. The number of ether oxygens (including phenoxy) is 2. The number of nitrogens with one attached hydrogen (secondary N) is 1. The van der Waals surface area contributed by atoms with Crippen molar-refractivity contribution in [2.75, 3.05) is 12.4 Å². The topological polar surface area (TPSA) is 106 Å². The number of nitrogens with zero attached hydrogens (tertiary/aromatic N) is 4. The van der Waals surface area contributed by atoms with Gasteiger partial charge in [0.05, 0.1) is 31.7 Å². The molecule has 1 fully saturated rings. The molecule has 1 aliphatic heterocycles. The summed E-state index contributed by atoms with van der Waals surface area (Å²) in [6.07, 6.45) is 11.7. The first-order valence-corrected chi connectivity index (χ1v) is 13.9. The standard InChI is InChI=1S/C31H35N5O4/c1-3-22-16-25(20-37)36(19-21-8-11-24(12-9-21)34-31(38)27-18-32-14-15-33-27)35-30(22)23-10-13-28(39-2)29(17-23)40-26-6-4-5-7-26/h8-15,17-18,20,22,25-26H,3-7,16,19H2,1-2H3,(H,34,38). The summed E-state index contributed by atoms with van der Waals surface area (Å²) in [6, 6.07) is 13.2. The smallest absolute Gasteiger partial charge is 0.275 e. The number of hydrogen-bond donors (Lipinski definition) is 1. The van der Waals surface area contributed by atoms with Crippen LogP contribution in [0.4, 0.5) is 5.69 Å². The molecular formula is C31H35N5O4. The summed E-state index contributed by atoms with van der Waals surface area (Å²) in [5, 5.41) is 9.72. The van der Waals surface area contributed by atoms with E-state index in [1.807, 2.05) is 47.5 Å². The van der Waals surface area contributed by atoms with Gasteiger partial charge in [-0.05, 0) is 74.4 Å². The molecule has 9 nitrogen and oxygen atoms in total. The van der Waals surface area contributed by atoms with Crippen molar-refractivity contribution in [1.29, 1.82) is 0 Å². The van der Waals surface area contributed by atoms with Crippen LogP contribution in [0.1, 0.15) is 67.1 Å². The number of methoxy groups -OCH3 is 1. The molecule has 1 amide bonds. The summed E-state index contributed by atoms with van der Waals surface area (Å²) in [5.74, 6) is 1.29. The van der Waals surface area contributed by atoms with E-state index in [4.69, 9.17) is 14.6 Å². The van der Waals surface area contributed by atoms with Crippen LogP contribution in [0.25, 0.3) is 0 Å². The Bertz CT molecular complexity index is 1340. The van der Waals surface area contributed by atoms with Crippen LogP contribution in [0.5, 0.6) is 11.5 Å². The van der Waals surface area contributed by atoms with Crippen LogP contribution in [0, 0.1) is 5.92 Å². The molecule has 5 rings (SSSR count). The number of aromatic nitrogens is 2. The van der Waals surface area contributed by atoms with Crippen LogP contribution in [-0.4, -0.2) is 52.1 Å². The van der Waals surface area contributed by atoms with Gasteiger partial charge < -0.3 is 19.6 Å². The first-order chi connectivity index (χ1) is 19.6. The number of rotatable bonds is 10. The van der Waals surface area contributed by atoms with Crippen LogP contribution >= 0.6 is 0 Å². The van der Waals surface area contributed by atoms with E-state index < -0.39 is 0 Å². The number of carbonyl (C=O) groups is 2. The Labute approximate surface area is 234 Å². The molecule has 0 saturated heterocycles. The molecule has 2 aliphatic rings. The van der Waals surface area contributed by atoms with Gasteiger partial charge in [0, 0.05) is 29.6 Å². The van der Waals surface area contributed by atoms with Gasteiger partial charge in [0.1, 0.15) is 18.0 Å². The summed E-state index contributed by atoms with van der Waals surface area (Å²) in [6.45, 7) is 2.59. The van der Waals surface area contributed by atoms with E-state index in [1.165, 1.54) is 31.4 Å². The minimum absolute atomic E-state index is 0.151. The summed E-state index contributed by atoms with van der Waals surface area (Å²) in [7, 11) is 1.66. The lowest BCUT2D eigenvalue weighted by molar-refractivity contribution is -0.113. The van der Waals surface area contributed by atoms with Gasteiger partial charge in [-0.1, -0.05) is 19.1 Å². The molecule has 1 saturated carbocycles. The second-order valence-corrected chi connectivity index (χ2v) is 10.3. The Morgan fingerprint density at radius 2 is 1.90 bits per heavy atom. The van der Waals surface area contributed by atoms with Crippen molar-refractivity contribution in [1.82, 2.24) is 15.0 Å². The minimum Gasteiger partial charge on any atom is -0.493 e. The quantitative estimate of drug-likeness (QED) is 0.349. The average molecular weight is 542 g/mol. The molecule has 40 heavy (non-hydrogen) atoms. The molecule has 1 aliphatic carbocycles. The lowest BCUT2D eigenvalue weighted by Gasteiger charge is -2.35. The van der Waals surface area contributed by atoms with Crippen molar-refractivity contribution in [3.8, 4) is 11.5 Å². The highest BCUT2D eigenvalue weighted by molar-refractivity contribution is 6.03. The SMILES string of the molecule is CCC1CC(C=O)N(Cc2ccc(NC(=O)c3cnccn3)cc2)N=C1c1ccc(OC)c(OC2CCCC2)c1. The van der Waals surface area contributed by atoms with Gasteiger partial charge in [-0.15, -0.1) is 0 Å². The number of hydrogen-bond acceptors (Lipinski definition) is 8. The van der Waals surface area contributed by atoms with Gasteiger partial charge in [-0.3, -0.25) is 14.8 Å². The van der Waals surface area contributed by atoms with Crippen molar-refractivity contribution >= 4 is 23.6 Å². The molecule has 0 bridgehead atoms. The van der Waals surface area contributed by atoms with Crippen molar-refractivity contribution in [3.05, 3.63) is 77.9 Å². The van der Waals surface area contributed by atoms with Crippen LogP contribution in [-0.2, 0) is 11.3 Å². The van der Waals surface area contributed by atoms with E-state index in [0.717, 1.165) is 48.1 Å². The maximum Gasteiger partial charge on any atom is 0.275 e. The van der Waals surface area contributed by atoms with Crippen LogP contribution in [0.15, 0.2) is 66.2 Å². The first kappa shape index (κ1) is 27.3.